The van der Waals surface area contributed by atoms with E-state index in [0.29, 0.717) is 11.3 Å². The standard InChI is InChI=1S/C14H19NO4S/c1-14(19,9-20-2)8-15-12(16)7-10-5-3-4-6-11(10)13(17)18/h3-6,19H,7-9H2,1-2H3,(H,15,16)(H,17,18). The van der Waals surface area contributed by atoms with Gasteiger partial charge in [0, 0.05) is 12.3 Å². The number of thioether (sulfide) groups is 1. The topological polar surface area (TPSA) is 86.6 Å². The van der Waals surface area contributed by atoms with Crippen LogP contribution in [0, 0.1) is 0 Å². The molecule has 3 N–H and O–H groups in total. The van der Waals surface area contributed by atoms with Crippen LogP contribution in [0.2, 0.25) is 0 Å². The number of aromatic carboxylic acids is 1. The van der Waals surface area contributed by atoms with Gasteiger partial charge in [-0.05, 0) is 24.8 Å². The summed E-state index contributed by atoms with van der Waals surface area (Å²) in [4.78, 5) is 22.8. The van der Waals surface area contributed by atoms with Gasteiger partial charge in [-0.2, -0.15) is 11.8 Å². The van der Waals surface area contributed by atoms with Crippen LogP contribution in [0.5, 0.6) is 0 Å². The molecule has 6 heteroatoms. The first-order valence-electron chi connectivity index (χ1n) is 6.15. The molecule has 1 rings (SSSR count). The van der Waals surface area contributed by atoms with Crippen molar-refractivity contribution in [2.75, 3.05) is 18.6 Å². The molecule has 1 atom stereocenters. The summed E-state index contributed by atoms with van der Waals surface area (Å²) >= 11 is 1.49. The number of carboxylic acids is 1. The van der Waals surface area contributed by atoms with E-state index in [0.717, 1.165) is 0 Å². The second kappa shape index (κ2) is 7.31. The minimum atomic E-state index is -1.05. The highest BCUT2D eigenvalue weighted by Crippen LogP contribution is 2.11. The van der Waals surface area contributed by atoms with E-state index in [2.05, 4.69) is 5.32 Å². The van der Waals surface area contributed by atoms with Gasteiger partial charge in [0.15, 0.2) is 0 Å². The third-order valence-corrected chi connectivity index (χ3v) is 3.63. The molecule has 0 fully saturated rings. The fraction of sp³-hybridized carbons (Fsp3) is 0.429. The fourth-order valence-electron chi connectivity index (χ4n) is 1.77. The SMILES string of the molecule is CSCC(C)(O)CNC(=O)Cc1ccccc1C(=O)O. The van der Waals surface area contributed by atoms with Crippen molar-refractivity contribution in [3.05, 3.63) is 35.4 Å². The molecule has 0 heterocycles. The van der Waals surface area contributed by atoms with E-state index in [-0.39, 0.29) is 24.4 Å². The van der Waals surface area contributed by atoms with Crippen LogP contribution in [0.25, 0.3) is 0 Å². The van der Waals surface area contributed by atoms with Crippen molar-refractivity contribution in [1.82, 2.24) is 5.32 Å². The van der Waals surface area contributed by atoms with Crippen LogP contribution in [0.1, 0.15) is 22.8 Å². The maximum Gasteiger partial charge on any atom is 0.335 e. The third-order valence-electron chi connectivity index (χ3n) is 2.72. The number of benzene rings is 1. The Balaban J connectivity index is 2.61. The van der Waals surface area contributed by atoms with Crippen molar-refractivity contribution in [1.29, 1.82) is 0 Å². The quantitative estimate of drug-likeness (QED) is 0.703. The lowest BCUT2D eigenvalue weighted by atomic mass is 10.0. The molecule has 0 saturated heterocycles. The summed E-state index contributed by atoms with van der Waals surface area (Å²) in [5, 5.41) is 21.6. The molecule has 0 aliphatic rings. The highest BCUT2D eigenvalue weighted by molar-refractivity contribution is 7.98. The summed E-state index contributed by atoms with van der Waals surface area (Å²) in [5.41, 5.74) is -0.387. The van der Waals surface area contributed by atoms with Gasteiger partial charge in [0.25, 0.3) is 0 Å². The Morgan fingerprint density at radius 1 is 1.35 bits per heavy atom. The van der Waals surface area contributed by atoms with Gasteiger partial charge < -0.3 is 15.5 Å². The van der Waals surface area contributed by atoms with Gasteiger partial charge in [-0.1, -0.05) is 18.2 Å². The smallest absolute Gasteiger partial charge is 0.335 e. The number of nitrogens with one attached hydrogen (secondary N) is 1. The van der Waals surface area contributed by atoms with E-state index in [1.165, 1.54) is 17.8 Å². The molecule has 0 spiro atoms. The molecular formula is C14H19NO4S. The van der Waals surface area contributed by atoms with Gasteiger partial charge in [0.2, 0.25) is 5.91 Å². The number of aliphatic hydroxyl groups is 1. The van der Waals surface area contributed by atoms with E-state index in [1.807, 2.05) is 6.26 Å². The second-order valence-electron chi connectivity index (χ2n) is 4.85. The average Bonchev–Trinajstić information content (AvgIpc) is 2.37. The molecule has 0 aliphatic carbocycles. The molecule has 1 aromatic carbocycles. The molecule has 1 aromatic rings. The number of hydrogen-bond donors (Lipinski definition) is 3. The van der Waals surface area contributed by atoms with E-state index in [4.69, 9.17) is 5.11 Å². The van der Waals surface area contributed by atoms with Gasteiger partial charge in [0.05, 0.1) is 17.6 Å². The van der Waals surface area contributed by atoms with Gasteiger partial charge in [-0.25, -0.2) is 4.79 Å². The maximum atomic E-state index is 11.8. The molecule has 110 valence electrons. The lowest BCUT2D eigenvalue weighted by Gasteiger charge is -2.22. The summed E-state index contributed by atoms with van der Waals surface area (Å²) in [6.45, 7) is 1.79. The van der Waals surface area contributed by atoms with Crippen LogP contribution in [0.3, 0.4) is 0 Å². The molecule has 1 unspecified atom stereocenters. The molecule has 0 saturated carbocycles. The molecule has 5 nitrogen and oxygen atoms in total. The Labute approximate surface area is 122 Å². The monoisotopic (exact) mass is 297 g/mol. The van der Waals surface area contributed by atoms with Crippen LogP contribution in [0.15, 0.2) is 24.3 Å². The summed E-state index contributed by atoms with van der Waals surface area (Å²) in [5.74, 6) is -0.846. The van der Waals surface area contributed by atoms with Gasteiger partial charge in [-0.15, -0.1) is 0 Å². The molecule has 20 heavy (non-hydrogen) atoms. The van der Waals surface area contributed by atoms with Crippen LogP contribution in [0.4, 0.5) is 0 Å². The minimum Gasteiger partial charge on any atom is -0.478 e. The Morgan fingerprint density at radius 3 is 2.60 bits per heavy atom. The van der Waals surface area contributed by atoms with Gasteiger partial charge >= 0.3 is 5.97 Å². The van der Waals surface area contributed by atoms with Crippen LogP contribution >= 0.6 is 11.8 Å². The first-order chi connectivity index (χ1) is 9.35. The average molecular weight is 297 g/mol. The van der Waals surface area contributed by atoms with Crippen LogP contribution in [-0.2, 0) is 11.2 Å². The minimum absolute atomic E-state index is 0.0161. The molecular weight excluding hydrogens is 278 g/mol. The first-order valence-corrected chi connectivity index (χ1v) is 7.54. The van der Waals surface area contributed by atoms with E-state index < -0.39 is 11.6 Å². The predicted octanol–water partition coefficient (Wildman–Crippen LogP) is 1.16. The number of rotatable bonds is 7. The van der Waals surface area contributed by atoms with E-state index >= 15 is 0 Å². The van der Waals surface area contributed by atoms with Crippen LogP contribution in [-0.4, -0.2) is 46.2 Å². The Kier molecular flexibility index (Phi) is 6.04. The number of hydrogen-bond acceptors (Lipinski definition) is 4. The second-order valence-corrected chi connectivity index (χ2v) is 5.71. The molecule has 0 aliphatic heterocycles. The number of amides is 1. The first kappa shape index (κ1) is 16.5. The van der Waals surface area contributed by atoms with Crippen molar-refractivity contribution in [3.8, 4) is 0 Å². The Hall–Kier alpha value is -1.53. The zero-order valence-electron chi connectivity index (χ0n) is 11.5. The highest BCUT2D eigenvalue weighted by Gasteiger charge is 2.21. The highest BCUT2D eigenvalue weighted by atomic mass is 32.2. The number of carboxylic acid groups (broad SMARTS) is 1. The van der Waals surface area contributed by atoms with Gasteiger partial charge in [0.1, 0.15) is 0 Å². The lowest BCUT2D eigenvalue weighted by Crippen LogP contribution is -2.43. The molecule has 1 amide bonds. The molecule has 0 bridgehead atoms. The van der Waals surface area contributed by atoms with Crippen molar-refractivity contribution in [3.63, 3.8) is 0 Å². The number of carbonyl (C=O) groups excluding carboxylic acids is 1. The van der Waals surface area contributed by atoms with Crippen LogP contribution < -0.4 is 5.32 Å². The van der Waals surface area contributed by atoms with E-state index in [1.54, 1.807) is 25.1 Å². The van der Waals surface area contributed by atoms with Crippen molar-refractivity contribution < 1.29 is 19.8 Å². The predicted molar refractivity (Wildman–Crippen MR) is 79.1 cm³/mol. The summed E-state index contributed by atoms with van der Waals surface area (Å²) in [7, 11) is 0. The Morgan fingerprint density at radius 2 is 2.00 bits per heavy atom. The van der Waals surface area contributed by atoms with Crippen molar-refractivity contribution in [2.45, 2.75) is 18.9 Å². The molecule has 0 radical (unpaired) electrons. The summed E-state index contributed by atoms with van der Waals surface area (Å²) in [6.07, 6.45) is 1.86. The summed E-state index contributed by atoms with van der Waals surface area (Å²) < 4.78 is 0. The zero-order valence-corrected chi connectivity index (χ0v) is 12.4. The largest absolute Gasteiger partial charge is 0.478 e. The zero-order chi connectivity index (χ0) is 15.2. The summed E-state index contributed by atoms with van der Waals surface area (Å²) in [6, 6.07) is 6.39. The Bertz CT molecular complexity index is 488. The lowest BCUT2D eigenvalue weighted by molar-refractivity contribution is -0.121. The number of carbonyl (C=O) groups is 2. The maximum absolute atomic E-state index is 11.8. The normalized spacial score (nSPS) is 13.6. The van der Waals surface area contributed by atoms with Crippen molar-refractivity contribution in [2.24, 2.45) is 0 Å². The van der Waals surface area contributed by atoms with Gasteiger partial charge in [-0.3, -0.25) is 4.79 Å². The third kappa shape index (κ3) is 5.22. The van der Waals surface area contributed by atoms with E-state index in [9.17, 15) is 14.7 Å². The fourth-order valence-corrected chi connectivity index (χ4v) is 2.49. The van der Waals surface area contributed by atoms with Crippen molar-refractivity contribution >= 4 is 23.6 Å². The molecule has 0 aromatic heterocycles.